The van der Waals surface area contributed by atoms with Gasteiger partial charge in [-0.3, -0.25) is 9.48 Å². The predicted molar refractivity (Wildman–Crippen MR) is 104 cm³/mol. The van der Waals surface area contributed by atoms with E-state index in [-0.39, 0.29) is 15.5 Å². The molecule has 154 valence electrons. The Labute approximate surface area is 165 Å². The predicted octanol–water partition coefficient (Wildman–Crippen LogP) is 0.826. The monoisotopic (exact) mass is 428 g/mol. The van der Waals surface area contributed by atoms with Crippen LogP contribution in [0.5, 0.6) is 0 Å². The number of hydrogen-bond donors (Lipinski definition) is 2. The molecule has 0 aliphatic rings. The van der Waals surface area contributed by atoms with Gasteiger partial charge in [0.25, 0.3) is 15.9 Å². The maximum Gasteiger partial charge on any atom is 0.264 e. The summed E-state index contributed by atoms with van der Waals surface area (Å²) in [5.74, 6) is -0.984. The van der Waals surface area contributed by atoms with Crippen LogP contribution in [0.3, 0.4) is 0 Å². The van der Waals surface area contributed by atoms with E-state index in [0.717, 1.165) is 5.56 Å². The van der Waals surface area contributed by atoms with Crippen molar-refractivity contribution in [3.8, 4) is 0 Å². The van der Waals surface area contributed by atoms with Crippen molar-refractivity contribution in [2.75, 3.05) is 0 Å². The van der Waals surface area contributed by atoms with Crippen molar-refractivity contribution in [2.45, 2.75) is 50.5 Å². The SMILES string of the molecule is Cc1ccc(S(=O)(=O)NC(=O)C(C)NS(=O)(=O)c2c(C)nn(C)c2C)c(C)c1. The molecule has 0 bridgehead atoms. The third-order valence-electron chi connectivity index (χ3n) is 4.29. The molecule has 1 heterocycles. The standard InChI is InChI=1S/C17H24N4O5S2/c1-10-7-8-15(11(2)9-10)27(23,24)20-17(22)13(4)19-28(25,26)16-12(3)18-21(6)14(16)5/h7-9,13,19H,1-6H3,(H,20,22). The zero-order valence-corrected chi connectivity index (χ0v) is 18.2. The van der Waals surface area contributed by atoms with Crippen molar-refractivity contribution >= 4 is 26.0 Å². The van der Waals surface area contributed by atoms with E-state index < -0.39 is 32.0 Å². The molecule has 0 aliphatic heterocycles. The third kappa shape index (κ3) is 4.42. The molecule has 0 saturated heterocycles. The van der Waals surface area contributed by atoms with Gasteiger partial charge in [-0.1, -0.05) is 17.7 Å². The molecule has 1 unspecified atom stereocenters. The van der Waals surface area contributed by atoms with Crippen LogP contribution in [0.1, 0.15) is 29.4 Å². The quantitative estimate of drug-likeness (QED) is 0.701. The molecule has 28 heavy (non-hydrogen) atoms. The Bertz CT molecular complexity index is 1130. The first-order chi connectivity index (χ1) is 12.8. The number of benzene rings is 1. The summed E-state index contributed by atoms with van der Waals surface area (Å²) in [6.45, 7) is 7.83. The van der Waals surface area contributed by atoms with Crippen LogP contribution in [-0.2, 0) is 31.9 Å². The van der Waals surface area contributed by atoms with Crippen molar-refractivity contribution in [1.82, 2.24) is 19.2 Å². The van der Waals surface area contributed by atoms with Crippen LogP contribution in [-0.4, -0.2) is 38.6 Å². The van der Waals surface area contributed by atoms with Crippen LogP contribution in [0.15, 0.2) is 28.0 Å². The van der Waals surface area contributed by atoms with Crippen molar-refractivity contribution in [3.63, 3.8) is 0 Å². The zero-order chi connectivity index (χ0) is 21.4. The number of rotatable bonds is 6. The van der Waals surface area contributed by atoms with Crippen molar-refractivity contribution in [3.05, 3.63) is 40.7 Å². The van der Waals surface area contributed by atoms with E-state index in [2.05, 4.69) is 9.82 Å². The molecule has 11 heteroatoms. The summed E-state index contributed by atoms with van der Waals surface area (Å²) in [7, 11) is -6.60. The number of amides is 1. The molecule has 1 atom stereocenters. The summed E-state index contributed by atoms with van der Waals surface area (Å²) in [5, 5.41) is 4.05. The van der Waals surface area contributed by atoms with Crippen LogP contribution < -0.4 is 9.44 Å². The van der Waals surface area contributed by atoms with Gasteiger partial charge in [0.15, 0.2) is 0 Å². The lowest BCUT2D eigenvalue weighted by molar-refractivity contribution is -0.120. The summed E-state index contributed by atoms with van der Waals surface area (Å²) < 4.78 is 55.8. The summed E-state index contributed by atoms with van der Waals surface area (Å²) in [5.41, 5.74) is 2.05. The van der Waals surface area contributed by atoms with Gasteiger partial charge in [-0.25, -0.2) is 21.6 Å². The van der Waals surface area contributed by atoms with Gasteiger partial charge >= 0.3 is 0 Å². The Hall–Kier alpha value is -2.24. The van der Waals surface area contributed by atoms with Crippen LogP contribution in [0.4, 0.5) is 0 Å². The van der Waals surface area contributed by atoms with Gasteiger partial charge in [0.05, 0.1) is 22.3 Å². The molecule has 1 aromatic carbocycles. The Morgan fingerprint density at radius 2 is 1.68 bits per heavy atom. The van der Waals surface area contributed by atoms with Gasteiger partial charge in [0.2, 0.25) is 10.0 Å². The Balaban J connectivity index is 2.23. The minimum absolute atomic E-state index is 0.0353. The fourth-order valence-corrected chi connectivity index (χ4v) is 5.79. The Morgan fingerprint density at radius 3 is 2.18 bits per heavy atom. The van der Waals surface area contributed by atoms with Crippen molar-refractivity contribution in [2.24, 2.45) is 7.05 Å². The minimum atomic E-state index is -4.14. The van der Waals surface area contributed by atoms with E-state index >= 15 is 0 Å². The van der Waals surface area contributed by atoms with Gasteiger partial charge in [0, 0.05) is 7.05 Å². The number of aryl methyl sites for hydroxylation is 4. The first-order valence-electron chi connectivity index (χ1n) is 8.42. The molecule has 2 aromatic rings. The molecule has 0 saturated carbocycles. The average Bonchev–Trinajstić information content (AvgIpc) is 2.78. The highest BCUT2D eigenvalue weighted by molar-refractivity contribution is 7.90. The fourth-order valence-electron chi connectivity index (χ4n) is 2.86. The van der Waals surface area contributed by atoms with E-state index in [0.29, 0.717) is 11.3 Å². The van der Waals surface area contributed by atoms with Gasteiger partial charge in [-0.15, -0.1) is 0 Å². The highest BCUT2D eigenvalue weighted by Crippen LogP contribution is 2.19. The summed E-state index contributed by atoms with van der Waals surface area (Å²) >= 11 is 0. The van der Waals surface area contributed by atoms with Crippen LogP contribution in [0, 0.1) is 27.7 Å². The molecule has 1 amide bonds. The van der Waals surface area contributed by atoms with Crippen molar-refractivity contribution < 1.29 is 21.6 Å². The summed E-state index contributed by atoms with van der Waals surface area (Å²) in [4.78, 5) is 12.3. The number of carbonyl (C=O) groups excluding carboxylic acids is 1. The maximum absolute atomic E-state index is 12.6. The number of nitrogens with one attached hydrogen (secondary N) is 2. The molecular weight excluding hydrogens is 404 g/mol. The van der Waals surface area contributed by atoms with E-state index in [4.69, 9.17) is 0 Å². The normalized spacial score (nSPS) is 13.4. The van der Waals surface area contributed by atoms with Gasteiger partial charge in [0.1, 0.15) is 4.90 Å². The second-order valence-electron chi connectivity index (χ2n) is 6.71. The second-order valence-corrected chi connectivity index (χ2v) is 10.0. The number of carbonyl (C=O) groups is 1. The first-order valence-corrected chi connectivity index (χ1v) is 11.4. The molecule has 0 spiro atoms. The Morgan fingerprint density at radius 1 is 1.07 bits per heavy atom. The van der Waals surface area contributed by atoms with Crippen molar-refractivity contribution in [1.29, 1.82) is 0 Å². The third-order valence-corrected chi connectivity index (χ3v) is 7.59. The van der Waals surface area contributed by atoms with Crippen LogP contribution >= 0.6 is 0 Å². The van der Waals surface area contributed by atoms with Gasteiger partial charge in [-0.2, -0.15) is 9.82 Å². The van der Waals surface area contributed by atoms with E-state index in [1.807, 2.05) is 11.6 Å². The second kappa shape index (κ2) is 7.64. The molecular formula is C17H24N4O5S2. The van der Waals surface area contributed by atoms with E-state index in [9.17, 15) is 21.6 Å². The lowest BCUT2D eigenvalue weighted by Gasteiger charge is -2.16. The molecule has 0 fully saturated rings. The molecule has 0 aliphatic carbocycles. The fraction of sp³-hybridized carbons (Fsp3) is 0.412. The number of aromatic nitrogens is 2. The lowest BCUT2D eigenvalue weighted by atomic mass is 10.2. The van der Waals surface area contributed by atoms with Gasteiger partial charge < -0.3 is 0 Å². The highest BCUT2D eigenvalue weighted by Gasteiger charge is 2.30. The molecule has 9 nitrogen and oxygen atoms in total. The molecule has 2 rings (SSSR count). The highest BCUT2D eigenvalue weighted by atomic mass is 32.2. The lowest BCUT2D eigenvalue weighted by Crippen LogP contribution is -2.46. The number of sulfonamides is 2. The number of hydrogen-bond acceptors (Lipinski definition) is 6. The number of nitrogens with zero attached hydrogens (tertiary/aromatic N) is 2. The Kier molecular flexibility index (Phi) is 6.02. The largest absolute Gasteiger partial charge is 0.272 e. The minimum Gasteiger partial charge on any atom is -0.272 e. The molecule has 0 radical (unpaired) electrons. The first kappa shape index (κ1) is 22.1. The topological polar surface area (TPSA) is 127 Å². The maximum atomic E-state index is 12.6. The van der Waals surface area contributed by atoms with Crippen LogP contribution in [0.25, 0.3) is 0 Å². The van der Waals surface area contributed by atoms with E-state index in [1.165, 1.54) is 24.6 Å². The summed E-state index contributed by atoms with van der Waals surface area (Å²) in [6, 6.07) is 3.38. The smallest absolute Gasteiger partial charge is 0.264 e. The zero-order valence-electron chi connectivity index (χ0n) is 16.6. The average molecular weight is 429 g/mol. The van der Waals surface area contributed by atoms with Gasteiger partial charge in [-0.05, 0) is 46.2 Å². The summed E-state index contributed by atoms with van der Waals surface area (Å²) in [6.07, 6.45) is 0. The van der Waals surface area contributed by atoms with Crippen LogP contribution in [0.2, 0.25) is 0 Å². The van der Waals surface area contributed by atoms with E-state index in [1.54, 1.807) is 33.0 Å². The molecule has 1 aromatic heterocycles. The molecule has 2 N–H and O–H groups in total.